The summed E-state index contributed by atoms with van der Waals surface area (Å²) in [4.78, 5) is 10.9. The number of nitroso groups, excluding NO2 is 1. The van der Waals surface area contributed by atoms with Gasteiger partial charge in [0.05, 0.1) is 12.1 Å². The van der Waals surface area contributed by atoms with E-state index < -0.39 is 5.82 Å². The third-order valence-corrected chi connectivity index (χ3v) is 3.25. The van der Waals surface area contributed by atoms with Crippen LogP contribution in [0.5, 0.6) is 5.88 Å². The fourth-order valence-corrected chi connectivity index (χ4v) is 2.31. The highest BCUT2D eigenvalue weighted by Crippen LogP contribution is 2.39. The van der Waals surface area contributed by atoms with Crippen LogP contribution in [0.3, 0.4) is 0 Å². The van der Waals surface area contributed by atoms with Gasteiger partial charge in [0, 0.05) is 5.39 Å². The van der Waals surface area contributed by atoms with Crippen molar-refractivity contribution in [3.8, 4) is 5.88 Å². The second kappa shape index (κ2) is 4.77. The van der Waals surface area contributed by atoms with Crippen LogP contribution in [0.25, 0.3) is 10.9 Å². The van der Waals surface area contributed by atoms with Crippen LogP contribution < -0.4 is 0 Å². The Morgan fingerprint density at radius 1 is 1.15 bits per heavy atom. The van der Waals surface area contributed by atoms with E-state index >= 15 is 0 Å². The van der Waals surface area contributed by atoms with E-state index in [1.54, 1.807) is 4.57 Å². The maximum absolute atomic E-state index is 13.3. The fraction of sp³-hybridized carbons (Fsp3) is 0.0667. The van der Waals surface area contributed by atoms with Gasteiger partial charge in [-0.2, -0.15) is 0 Å². The minimum Gasteiger partial charge on any atom is -0.493 e. The first kappa shape index (κ1) is 12.3. The number of aromatic hydroxyl groups is 1. The van der Waals surface area contributed by atoms with Gasteiger partial charge < -0.3 is 9.67 Å². The zero-order chi connectivity index (χ0) is 14.1. The summed E-state index contributed by atoms with van der Waals surface area (Å²) in [5, 5.41) is 13.2. The molecule has 0 unspecified atom stereocenters. The Labute approximate surface area is 114 Å². The summed E-state index contributed by atoms with van der Waals surface area (Å²) in [5.74, 6) is -0.719. The first-order valence-electron chi connectivity index (χ1n) is 6.08. The molecule has 0 aliphatic rings. The molecule has 3 aromatic rings. The van der Waals surface area contributed by atoms with E-state index in [-0.39, 0.29) is 11.6 Å². The maximum atomic E-state index is 13.3. The molecule has 0 bridgehead atoms. The number of hydrogen-bond acceptors (Lipinski definition) is 3. The zero-order valence-electron chi connectivity index (χ0n) is 10.5. The molecule has 100 valence electrons. The zero-order valence-corrected chi connectivity index (χ0v) is 10.5. The molecule has 3 rings (SSSR count). The largest absolute Gasteiger partial charge is 0.493 e. The van der Waals surface area contributed by atoms with Crippen molar-refractivity contribution in [1.29, 1.82) is 0 Å². The van der Waals surface area contributed by atoms with E-state index in [0.717, 1.165) is 5.56 Å². The molecule has 2 aromatic carbocycles. The van der Waals surface area contributed by atoms with Crippen LogP contribution in [0, 0.1) is 10.7 Å². The number of fused-ring (bicyclic) bond motifs is 1. The molecule has 1 aromatic heterocycles. The standard InChI is InChI=1S/C15H11FN2O2/c16-11-6-7-13-12(8-11)14(17-20)15(19)18(13)9-10-4-2-1-3-5-10/h1-8,19H,9H2. The highest BCUT2D eigenvalue weighted by Gasteiger charge is 2.18. The van der Waals surface area contributed by atoms with Crippen molar-refractivity contribution in [2.45, 2.75) is 6.54 Å². The molecule has 0 amide bonds. The van der Waals surface area contributed by atoms with E-state index in [0.29, 0.717) is 17.4 Å². The minimum absolute atomic E-state index is 0.129. The number of aromatic nitrogens is 1. The summed E-state index contributed by atoms with van der Waals surface area (Å²) in [5.41, 5.74) is 1.40. The summed E-state index contributed by atoms with van der Waals surface area (Å²) >= 11 is 0. The lowest BCUT2D eigenvalue weighted by molar-refractivity contribution is 0.430. The molecule has 0 spiro atoms. The highest BCUT2D eigenvalue weighted by molar-refractivity contribution is 5.95. The van der Waals surface area contributed by atoms with Gasteiger partial charge in [-0.25, -0.2) is 4.39 Å². The van der Waals surface area contributed by atoms with Crippen molar-refractivity contribution in [2.24, 2.45) is 5.18 Å². The molecule has 0 aliphatic carbocycles. The molecule has 4 nitrogen and oxygen atoms in total. The number of benzene rings is 2. The van der Waals surface area contributed by atoms with Gasteiger partial charge in [0.15, 0.2) is 5.69 Å². The Balaban J connectivity index is 2.20. The van der Waals surface area contributed by atoms with Crippen molar-refractivity contribution in [1.82, 2.24) is 4.57 Å². The second-order valence-corrected chi connectivity index (χ2v) is 4.50. The second-order valence-electron chi connectivity index (χ2n) is 4.50. The average Bonchev–Trinajstić information content (AvgIpc) is 2.71. The highest BCUT2D eigenvalue weighted by atomic mass is 19.1. The van der Waals surface area contributed by atoms with Crippen LogP contribution in [-0.4, -0.2) is 9.67 Å². The Morgan fingerprint density at radius 3 is 2.60 bits per heavy atom. The first-order chi connectivity index (χ1) is 9.70. The Bertz CT molecular complexity index is 781. The van der Waals surface area contributed by atoms with E-state index in [1.165, 1.54) is 18.2 Å². The molecular formula is C15H11FN2O2. The molecule has 0 aliphatic heterocycles. The van der Waals surface area contributed by atoms with Crippen LogP contribution in [0.4, 0.5) is 10.1 Å². The molecular weight excluding hydrogens is 259 g/mol. The Hall–Kier alpha value is -2.69. The first-order valence-corrected chi connectivity index (χ1v) is 6.08. The maximum Gasteiger partial charge on any atom is 0.222 e. The number of halogens is 1. The average molecular weight is 270 g/mol. The monoisotopic (exact) mass is 270 g/mol. The topological polar surface area (TPSA) is 54.6 Å². The van der Waals surface area contributed by atoms with Gasteiger partial charge in [-0.3, -0.25) is 0 Å². The summed E-state index contributed by atoms with van der Waals surface area (Å²) in [7, 11) is 0. The SMILES string of the molecule is O=Nc1c(O)n(Cc2ccccc2)c2ccc(F)cc12. The summed E-state index contributed by atoms with van der Waals surface area (Å²) in [6.07, 6.45) is 0. The lowest BCUT2D eigenvalue weighted by Crippen LogP contribution is -1.98. The van der Waals surface area contributed by atoms with Gasteiger partial charge in [-0.05, 0) is 28.9 Å². The van der Waals surface area contributed by atoms with Gasteiger partial charge in [-0.1, -0.05) is 30.3 Å². The molecule has 1 N–H and O–H groups in total. The van der Waals surface area contributed by atoms with Gasteiger partial charge in [-0.15, -0.1) is 4.91 Å². The van der Waals surface area contributed by atoms with Crippen molar-refractivity contribution < 1.29 is 9.50 Å². The van der Waals surface area contributed by atoms with Crippen LogP contribution in [0.2, 0.25) is 0 Å². The predicted octanol–water partition coefficient (Wildman–Crippen LogP) is 3.93. The predicted molar refractivity (Wildman–Crippen MR) is 74.6 cm³/mol. The third-order valence-electron chi connectivity index (χ3n) is 3.25. The van der Waals surface area contributed by atoms with E-state index in [2.05, 4.69) is 5.18 Å². The van der Waals surface area contributed by atoms with Crippen LogP contribution in [0.15, 0.2) is 53.7 Å². The molecule has 0 fully saturated rings. The lowest BCUT2D eigenvalue weighted by atomic mass is 10.2. The van der Waals surface area contributed by atoms with Gasteiger partial charge in [0.2, 0.25) is 5.88 Å². The van der Waals surface area contributed by atoms with Gasteiger partial charge >= 0.3 is 0 Å². The summed E-state index contributed by atoms with van der Waals surface area (Å²) in [6.45, 7) is 0.379. The van der Waals surface area contributed by atoms with Gasteiger partial charge in [0.25, 0.3) is 0 Å². The number of nitrogens with zero attached hydrogens (tertiary/aromatic N) is 2. The lowest BCUT2D eigenvalue weighted by Gasteiger charge is -2.06. The summed E-state index contributed by atoms with van der Waals surface area (Å²) in [6, 6.07) is 13.5. The number of hydrogen-bond donors (Lipinski definition) is 1. The van der Waals surface area contributed by atoms with E-state index in [4.69, 9.17) is 0 Å². The molecule has 0 radical (unpaired) electrons. The molecule has 1 heterocycles. The smallest absolute Gasteiger partial charge is 0.222 e. The van der Waals surface area contributed by atoms with Crippen molar-refractivity contribution >= 4 is 16.6 Å². The fourth-order valence-electron chi connectivity index (χ4n) is 2.31. The van der Waals surface area contributed by atoms with Crippen LogP contribution >= 0.6 is 0 Å². The van der Waals surface area contributed by atoms with Crippen molar-refractivity contribution in [3.05, 3.63) is 64.8 Å². The minimum atomic E-state index is -0.473. The van der Waals surface area contributed by atoms with Crippen molar-refractivity contribution in [3.63, 3.8) is 0 Å². The Morgan fingerprint density at radius 2 is 1.90 bits per heavy atom. The van der Waals surface area contributed by atoms with Crippen LogP contribution in [0.1, 0.15) is 5.56 Å². The van der Waals surface area contributed by atoms with Crippen LogP contribution in [-0.2, 0) is 6.54 Å². The normalized spacial score (nSPS) is 10.8. The summed E-state index contributed by atoms with van der Waals surface area (Å²) < 4.78 is 14.8. The number of rotatable bonds is 3. The van der Waals surface area contributed by atoms with E-state index in [9.17, 15) is 14.4 Å². The quantitative estimate of drug-likeness (QED) is 0.733. The molecule has 5 heteroatoms. The third kappa shape index (κ3) is 1.93. The van der Waals surface area contributed by atoms with Crippen molar-refractivity contribution in [2.75, 3.05) is 0 Å². The van der Waals surface area contributed by atoms with Gasteiger partial charge in [0.1, 0.15) is 5.82 Å². The Kier molecular flexibility index (Phi) is 2.95. The molecule has 20 heavy (non-hydrogen) atoms. The molecule has 0 atom stereocenters. The molecule has 0 saturated heterocycles. The molecule has 0 saturated carbocycles. The van der Waals surface area contributed by atoms with E-state index in [1.807, 2.05) is 30.3 Å².